The lowest BCUT2D eigenvalue weighted by Crippen LogP contribution is -2.10. The van der Waals surface area contributed by atoms with Crippen molar-refractivity contribution < 1.29 is 9.90 Å². The lowest BCUT2D eigenvalue weighted by Gasteiger charge is -2.03. The van der Waals surface area contributed by atoms with Gasteiger partial charge >= 0.3 is 5.97 Å². The Morgan fingerprint density at radius 2 is 2.26 bits per heavy atom. The number of carbonyl (C=O) groups is 1. The number of nitrogens with zero attached hydrogens (tertiary/aromatic N) is 3. The molecule has 0 saturated heterocycles. The van der Waals surface area contributed by atoms with Gasteiger partial charge in [-0.2, -0.15) is 5.10 Å². The number of aryl methyl sites for hydroxylation is 2. The molecule has 19 heavy (non-hydrogen) atoms. The molecular formula is C10H11N5O3S. The molecule has 2 aromatic heterocycles. The molecule has 0 amide bonds. The van der Waals surface area contributed by atoms with E-state index in [2.05, 4.69) is 15.1 Å². The quantitative estimate of drug-likeness (QED) is 0.688. The first kappa shape index (κ1) is 13.1. The Hall–Kier alpha value is -2.29. The summed E-state index contributed by atoms with van der Waals surface area (Å²) in [5.74, 6) is -1.01. The Morgan fingerprint density at radius 3 is 2.84 bits per heavy atom. The van der Waals surface area contributed by atoms with Crippen LogP contribution in [0.1, 0.15) is 16.1 Å². The fraction of sp³-hybridized carbons (Fsp3) is 0.200. The topological polar surface area (TPSA) is 127 Å². The van der Waals surface area contributed by atoms with Gasteiger partial charge in [-0.15, -0.1) is 0 Å². The number of hydrogen-bond acceptors (Lipinski definition) is 6. The molecule has 2 heterocycles. The minimum absolute atomic E-state index is 0.0713. The second kappa shape index (κ2) is 4.76. The molecule has 8 nitrogen and oxygen atoms in total. The SMILES string of the molecule is Cc1nn(C)c(Sc2nc(N)cc(=O)[nH]2)c1C(=O)O. The summed E-state index contributed by atoms with van der Waals surface area (Å²) >= 11 is 0.991. The zero-order chi connectivity index (χ0) is 14.2. The van der Waals surface area contributed by atoms with Crippen LogP contribution in [-0.2, 0) is 7.05 Å². The molecule has 0 spiro atoms. The molecule has 0 atom stereocenters. The van der Waals surface area contributed by atoms with Crippen molar-refractivity contribution in [2.75, 3.05) is 5.73 Å². The van der Waals surface area contributed by atoms with Crippen molar-refractivity contribution in [1.82, 2.24) is 19.7 Å². The molecule has 2 rings (SSSR count). The van der Waals surface area contributed by atoms with E-state index in [9.17, 15) is 9.59 Å². The van der Waals surface area contributed by atoms with Gasteiger partial charge in [-0.3, -0.25) is 9.48 Å². The molecule has 4 N–H and O–H groups in total. The summed E-state index contributed by atoms with van der Waals surface area (Å²) in [6, 6.07) is 1.15. The monoisotopic (exact) mass is 281 g/mol. The van der Waals surface area contributed by atoms with Gasteiger partial charge < -0.3 is 15.8 Å². The summed E-state index contributed by atoms with van der Waals surface area (Å²) in [5, 5.41) is 13.8. The summed E-state index contributed by atoms with van der Waals surface area (Å²) in [7, 11) is 1.62. The number of anilines is 1. The van der Waals surface area contributed by atoms with Crippen LogP contribution >= 0.6 is 11.8 Å². The first-order chi connectivity index (χ1) is 8.88. The first-order valence-electron chi connectivity index (χ1n) is 5.20. The van der Waals surface area contributed by atoms with Crippen molar-refractivity contribution in [3.8, 4) is 0 Å². The lowest BCUT2D eigenvalue weighted by molar-refractivity contribution is 0.0692. The Kier molecular flexibility index (Phi) is 3.30. The summed E-state index contributed by atoms with van der Waals surface area (Å²) in [6.07, 6.45) is 0. The van der Waals surface area contributed by atoms with Crippen molar-refractivity contribution >= 4 is 23.5 Å². The van der Waals surface area contributed by atoms with Crippen LogP contribution in [0.25, 0.3) is 0 Å². The third-order valence-corrected chi connectivity index (χ3v) is 3.36. The van der Waals surface area contributed by atoms with Gasteiger partial charge in [0.2, 0.25) is 0 Å². The maximum atomic E-state index is 11.3. The van der Waals surface area contributed by atoms with Gasteiger partial charge in [0.05, 0.1) is 5.69 Å². The Morgan fingerprint density at radius 1 is 1.58 bits per heavy atom. The summed E-state index contributed by atoms with van der Waals surface area (Å²) < 4.78 is 1.42. The summed E-state index contributed by atoms with van der Waals surface area (Å²) in [5.41, 5.74) is 5.55. The highest BCUT2D eigenvalue weighted by atomic mass is 32.2. The third kappa shape index (κ3) is 2.60. The zero-order valence-electron chi connectivity index (χ0n) is 10.2. The fourth-order valence-corrected chi connectivity index (χ4v) is 2.59. The molecule has 0 aromatic carbocycles. The van der Waals surface area contributed by atoms with Crippen molar-refractivity contribution in [3.05, 3.63) is 27.7 Å². The second-order valence-corrected chi connectivity index (χ2v) is 4.75. The van der Waals surface area contributed by atoms with Gasteiger partial charge in [0.1, 0.15) is 16.4 Å². The number of H-pyrrole nitrogens is 1. The van der Waals surface area contributed by atoms with E-state index >= 15 is 0 Å². The van der Waals surface area contributed by atoms with E-state index in [4.69, 9.17) is 10.8 Å². The molecule has 0 aliphatic carbocycles. The average molecular weight is 281 g/mol. The van der Waals surface area contributed by atoms with Gasteiger partial charge in [-0.1, -0.05) is 0 Å². The van der Waals surface area contributed by atoms with Gasteiger partial charge in [0.25, 0.3) is 5.56 Å². The normalized spacial score (nSPS) is 10.6. The van der Waals surface area contributed by atoms with Crippen LogP contribution in [0.15, 0.2) is 21.0 Å². The minimum Gasteiger partial charge on any atom is -0.478 e. The number of nitrogens with two attached hydrogens (primary N) is 1. The van der Waals surface area contributed by atoms with Crippen LogP contribution < -0.4 is 11.3 Å². The number of aromatic nitrogens is 4. The molecule has 0 saturated carbocycles. The van der Waals surface area contributed by atoms with E-state index in [1.807, 2.05) is 0 Å². The van der Waals surface area contributed by atoms with Crippen molar-refractivity contribution in [2.24, 2.45) is 7.05 Å². The van der Waals surface area contributed by atoms with Gasteiger partial charge in [0, 0.05) is 13.1 Å². The van der Waals surface area contributed by atoms with Crippen LogP contribution in [0.4, 0.5) is 5.82 Å². The predicted molar refractivity (Wildman–Crippen MR) is 68.3 cm³/mol. The standard InChI is InChI=1S/C10H11N5O3S/c1-4-7(9(17)18)8(15(2)14-4)19-10-12-5(11)3-6(16)13-10/h3H,1-2H3,(H,17,18)(H3,11,12,13,16). The van der Waals surface area contributed by atoms with Crippen LogP contribution in [0.2, 0.25) is 0 Å². The Balaban J connectivity index is 2.49. The summed E-state index contributed by atoms with van der Waals surface area (Å²) in [6.45, 7) is 1.60. The molecule has 9 heteroatoms. The van der Waals surface area contributed by atoms with Crippen LogP contribution in [-0.4, -0.2) is 30.8 Å². The van der Waals surface area contributed by atoms with Crippen LogP contribution in [0.3, 0.4) is 0 Å². The molecular weight excluding hydrogens is 270 g/mol. The Labute approximate surface area is 111 Å². The molecule has 2 aromatic rings. The van der Waals surface area contributed by atoms with Crippen molar-refractivity contribution in [3.63, 3.8) is 0 Å². The maximum absolute atomic E-state index is 11.3. The van der Waals surface area contributed by atoms with E-state index in [1.54, 1.807) is 14.0 Å². The number of nitrogen functional groups attached to an aromatic ring is 1. The van der Waals surface area contributed by atoms with Crippen LogP contribution in [0, 0.1) is 6.92 Å². The average Bonchev–Trinajstić information content (AvgIpc) is 2.52. The minimum atomic E-state index is -1.08. The molecule has 0 aliphatic rings. The number of hydrogen-bond donors (Lipinski definition) is 3. The number of carboxylic acid groups (broad SMARTS) is 1. The molecule has 0 bridgehead atoms. The Bertz CT molecular complexity index is 706. The highest BCUT2D eigenvalue weighted by molar-refractivity contribution is 7.99. The van der Waals surface area contributed by atoms with Gasteiger partial charge in [0.15, 0.2) is 5.16 Å². The number of nitrogens with one attached hydrogen (secondary N) is 1. The lowest BCUT2D eigenvalue weighted by atomic mass is 10.3. The smallest absolute Gasteiger partial charge is 0.340 e. The second-order valence-electron chi connectivity index (χ2n) is 3.77. The molecule has 0 unspecified atom stereocenters. The van der Waals surface area contributed by atoms with Gasteiger partial charge in [-0.05, 0) is 18.7 Å². The van der Waals surface area contributed by atoms with E-state index in [-0.39, 0.29) is 16.5 Å². The zero-order valence-corrected chi connectivity index (χ0v) is 11.0. The predicted octanol–water partition coefficient (Wildman–Crippen LogP) is 0.243. The highest BCUT2D eigenvalue weighted by Crippen LogP contribution is 2.29. The van der Waals surface area contributed by atoms with Crippen molar-refractivity contribution in [1.29, 1.82) is 0 Å². The molecule has 0 radical (unpaired) electrons. The maximum Gasteiger partial charge on any atom is 0.340 e. The highest BCUT2D eigenvalue weighted by Gasteiger charge is 2.21. The number of rotatable bonds is 3. The van der Waals surface area contributed by atoms with E-state index < -0.39 is 11.5 Å². The molecule has 100 valence electrons. The number of aromatic carboxylic acids is 1. The third-order valence-electron chi connectivity index (χ3n) is 2.32. The van der Waals surface area contributed by atoms with E-state index in [1.165, 1.54) is 4.68 Å². The van der Waals surface area contributed by atoms with E-state index in [0.717, 1.165) is 17.8 Å². The van der Waals surface area contributed by atoms with Crippen molar-refractivity contribution in [2.45, 2.75) is 17.1 Å². The van der Waals surface area contributed by atoms with Gasteiger partial charge in [-0.25, -0.2) is 9.78 Å². The fourth-order valence-electron chi connectivity index (χ4n) is 1.59. The number of aromatic amines is 1. The number of carboxylic acids is 1. The molecule has 0 fully saturated rings. The van der Waals surface area contributed by atoms with E-state index in [0.29, 0.717) is 10.7 Å². The largest absolute Gasteiger partial charge is 0.478 e. The van der Waals surface area contributed by atoms with Crippen LogP contribution in [0.5, 0.6) is 0 Å². The molecule has 0 aliphatic heterocycles. The summed E-state index contributed by atoms with van der Waals surface area (Å²) in [4.78, 5) is 28.9. The first-order valence-corrected chi connectivity index (χ1v) is 6.01.